The van der Waals surface area contributed by atoms with Crippen molar-refractivity contribution in [3.8, 4) is 0 Å². The van der Waals surface area contributed by atoms with Crippen molar-refractivity contribution in [1.29, 1.82) is 0 Å². The van der Waals surface area contributed by atoms with Gasteiger partial charge in [0.15, 0.2) is 5.69 Å². The van der Waals surface area contributed by atoms with Gasteiger partial charge in [-0.2, -0.15) is 5.10 Å². The predicted octanol–water partition coefficient (Wildman–Crippen LogP) is 1.41. The van der Waals surface area contributed by atoms with Gasteiger partial charge in [0, 0.05) is 35.6 Å². The number of aromatic amines is 1. The number of pyridine rings is 1. The summed E-state index contributed by atoms with van der Waals surface area (Å²) >= 11 is 0. The maximum absolute atomic E-state index is 12.7. The van der Waals surface area contributed by atoms with E-state index in [2.05, 4.69) is 20.5 Å². The standard InChI is InChI=1S/C18H22N4O2/c23-13-8-11(9-13)16(10-12-4-1-2-7-19-12)20-18(24)17-14-5-3-6-15(14)21-22-17/h1-2,4,7,11,13,16,23H,3,5-6,8-10H2,(H,20,24)(H,21,22)/t11?,13?,16-/m1/s1. The van der Waals surface area contributed by atoms with E-state index in [0.717, 1.165) is 49.1 Å². The molecule has 2 heterocycles. The van der Waals surface area contributed by atoms with Crippen LogP contribution in [-0.2, 0) is 19.3 Å². The molecule has 1 fully saturated rings. The molecule has 24 heavy (non-hydrogen) atoms. The summed E-state index contributed by atoms with van der Waals surface area (Å²) in [6.07, 6.45) is 6.64. The lowest BCUT2D eigenvalue weighted by molar-refractivity contribution is 0.0237. The lowest BCUT2D eigenvalue weighted by Gasteiger charge is -2.38. The highest BCUT2D eigenvalue weighted by molar-refractivity contribution is 5.94. The number of hydrogen-bond donors (Lipinski definition) is 3. The summed E-state index contributed by atoms with van der Waals surface area (Å²) in [5, 5.41) is 20.0. The second-order valence-corrected chi connectivity index (χ2v) is 6.87. The number of H-pyrrole nitrogens is 1. The second kappa shape index (κ2) is 6.36. The molecular formula is C18H22N4O2. The molecule has 6 nitrogen and oxygen atoms in total. The minimum absolute atomic E-state index is 0.0236. The van der Waals surface area contributed by atoms with Crippen LogP contribution in [0.15, 0.2) is 24.4 Å². The van der Waals surface area contributed by atoms with Crippen LogP contribution in [0.1, 0.15) is 46.7 Å². The molecule has 0 spiro atoms. The third-order valence-electron chi connectivity index (χ3n) is 5.21. The first-order valence-corrected chi connectivity index (χ1v) is 8.65. The molecular weight excluding hydrogens is 304 g/mol. The van der Waals surface area contributed by atoms with Gasteiger partial charge in [0.1, 0.15) is 0 Å². The van der Waals surface area contributed by atoms with Crippen LogP contribution >= 0.6 is 0 Å². The van der Waals surface area contributed by atoms with Gasteiger partial charge in [-0.3, -0.25) is 14.9 Å². The summed E-state index contributed by atoms with van der Waals surface area (Å²) in [6, 6.07) is 5.79. The first-order valence-electron chi connectivity index (χ1n) is 8.65. The van der Waals surface area contributed by atoms with Crippen LogP contribution in [0.2, 0.25) is 0 Å². The Hall–Kier alpha value is -2.21. The van der Waals surface area contributed by atoms with Gasteiger partial charge in [0.2, 0.25) is 0 Å². The Balaban J connectivity index is 1.49. The summed E-state index contributed by atoms with van der Waals surface area (Å²) in [4.78, 5) is 17.1. The van der Waals surface area contributed by atoms with E-state index in [1.54, 1.807) is 6.20 Å². The zero-order valence-electron chi connectivity index (χ0n) is 13.5. The number of carbonyl (C=O) groups excluding carboxylic acids is 1. The number of aliphatic hydroxyl groups is 1. The molecule has 126 valence electrons. The van der Waals surface area contributed by atoms with Crippen molar-refractivity contribution in [3.05, 3.63) is 47.0 Å². The molecule has 2 aromatic heterocycles. The topological polar surface area (TPSA) is 90.9 Å². The van der Waals surface area contributed by atoms with Crippen molar-refractivity contribution >= 4 is 5.91 Å². The monoisotopic (exact) mass is 326 g/mol. The van der Waals surface area contributed by atoms with Crippen molar-refractivity contribution < 1.29 is 9.90 Å². The van der Waals surface area contributed by atoms with Crippen LogP contribution in [0.5, 0.6) is 0 Å². The lowest BCUT2D eigenvalue weighted by Crippen LogP contribution is -2.48. The van der Waals surface area contributed by atoms with Crippen molar-refractivity contribution in [2.45, 2.75) is 50.7 Å². The van der Waals surface area contributed by atoms with Gasteiger partial charge in [-0.25, -0.2) is 0 Å². The SMILES string of the molecule is O=C(N[C@H](Cc1ccccn1)C1CC(O)C1)c1n[nH]c2c1CCC2. The minimum atomic E-state index is -0.243. The van der Waals surface area contributed by atoms with Crippen molar-refractivity contribution in [3.63, 3.8) is 0 Å². The van der Waals surface area contributed by atoms with Crippen LogP contribution in [-0.4, -0.2) is 38.3 Å². The highest BCUT2D eigenvalue weighted by atomic mass is 16.3. The molecule has 1 amide bonds. The number of aryl methyl sites for hydroxylation is 1. The van der Waals surface area contributed by atoms with Crippen LogP contribution in [0, 0.1) is 5.92 Å². The molecule has 0 aliphatic heterocycles. The molecule has 2 aliphatic rings. The number of carbonyl (C=O) groups is 1. The maximum Gasteiger partial charge on any atom is 0.272 e. The number of aliphatic hydroxyl groups excluding tert-OH is 1. The number of rotatable bonds is 5. The molecule has 1 saturated carbocycles. The molecule has 2 aliphatic carbocycles. The third kappa shape index (κ3) is 2.94. The van der Waals surface area contributed by atoms with Crippen molar-refractivity contribution in [1.82, 2.24) is 20.5 Å². The molecule has 0 bridgehead atoms. The normalized spacial score (nSPS) is 23.4. The van der Waals surface area contributed by atoms with E-state index in [1.807, 2.05) is 18.2 Å². The van der Waals surface area contributed by atoms with Crippen LogP contribution < -0.4 is 5.32 Å². The molecule has 0 saturated heterocycles. The maximum atomic E-state index is 12.7. The fraction of sp³-hybridized carbons (Fsp3) is 0.500. The Kier molecular flexibility index (Phi) is 4.06. The Labute approximate surface area is 140 Å². The summed E-state index contributed by atoms with van der Waals surface area (Å²) in [6.45, 7) is 0. The van der Waals surface area contributed by atoms with Gasteiger partial charge in [-0.15, -0.1) is 0 Å². The van der Waals surface area contributed by atoms with Crippen LogP contribution in [0.3, 0.4) is 0 Å². The predicted molar refractivity (Wildman–Crippen MR) is 88.5 cm³/mol. The quantitative estimate of drug-likeness (QED) is 0.775. The van der Waals surface area contributed by atoms with Crippen LogP contribution in [0.25, 0.3) is 0 Å². The smallest absolute Gasteiger partial charge is 0.272 e. The highest BCUT2D eigenvalue weighted by Gasteiger charge is 2.36. The van der Waals surface area contributed by atoms with Crippen molar-refractivity contribution in [2.75, 3.05) is 0 Å². The Bertz CT molecular complexity index is 722. The zero-order chi connectivity index (χ0) is 16.5. The fourth-order valence-corrected chi connectivity index (χ4v) is 3.78. The van der Waals surface area contributed by atoms with E-state index in [4.69, 9.17) is 0 Å². The zero-order valence-corrected chi connectivity index (χ0v) is 13.5. The number of nitrogens with zero attached hydrogens (tertiary/aromatic N) is 2. The number of fused-ring (bicyclic) bond motifs is 1. The van der Waals surface area contributed by atoms with E-state index in [1.165, 1.54) is 0 Å². The van der Waals surface area contributed by atoms with E-state index in [-0.39, 0.29) is 24.0 Å². The van der Waals surface area contributed by atoms with Gasteiger partial charge < -0.3 is 10.4 Å². The summed E-state index contributed by atoms with van der Waals surface area (Å²) in [5.74, 6) is 0.176. The van der Waals surface area contributed by atoms with E-state index < -0.39 is 0 Å². The molecule has 1 atom stereocenters. The van der Waals surface area contributed by atoms with Gasteiger partial charge >= 0.3 is 0 Å². The number of nitrogens with one attached hydrogen (secondary N) is 2. The minimum Gasteiger partial charge on any atom is -0.393 e. The Morgan fingerprint density at radius 1 is 1.38 bits per heavy atom. The van der Waals surface area contributed by atoms with Gasteiger partial charge in [0.25, 0.3) is 5.91 Å². The Morgan fingerprint density at radius 2 is 2.25 bits per heavy atom. The number of amides is 1. The fourth-order valence-electron chi connectivity index (χ4n) is 3.78. The van der Waals surface area contributed by atoms with Crippen LogP contribution in [0.4, 0.5) is 0 Å². The summed E-state index contributed by atoms with van der Waals surface area (Å²) < 4.78 is 0. The van der Waals surface area contributed by atoms with Gasteiger partial charge in [0.05, 0.1) is 6.10 Å². The summed E-state index contributed by atoms with van der Waals surface area (Å²) in [5.41, 5.74) is 3.66. The molecule has 0 radical (unpaired) electrons. The van der Waals surface area contributed by atoms with E-state index >= 15 is 0 Å². The number of aromatic nitrogens is 3. The van der Waals surface area contributed by atoms with Gasteiger partial charge in [-0.1, -0.05) is 6.07 Å². The molecule has 2 aromatic rings. The Morgan fingerprint density at radius 3 is 3.00 bits per heavy atom. The molecule has 6 heteroatoms. The number of hydrogen-bond acceptors (Lipinski definition) is 4. The van der Waals surface area contributed by atoms with Gasteiger partial charge in [-0.05, 0) is 50.2 Å². The molecule has 3 N–H and O–H groups in total. The molecule has 0 unspecified atom stereocenters. The van der Waals surface area contributed by atoms with E-state index in [9.17, 15) is 9.90 Å². The third-order valence-corrected chi connectivity index (χ3v) is 5.21. The second-order valence-electron chi connectivity index (χ2n) is 6.87. The average Bonchev–Trinajstić information content (AvgIpc) is 3.15. The summed E-state index contributed by atoms with van der Waals surface area (Å²) in [7, 11) is 0. The highest BCUT2D eigenvalue weighted by Crippen LogP contribution is 2.32. The molecule has 0 aromatic carbocycles. The molecule has 4 rings (SSSR count). The lowest BCUT2D eigenvalue weighted by atomic mass is 9.76. The average molecular weight is 326 g/mol. The largest absolute Gasteiger partial charge is 0.393 e. The van der Waals surface area contributed by atoms with E-state index in [0.29, 0.717) is 12.1 Å². The first kappa shape index (κ1) is 15.3. The first-order chi connectivity index (χ1) is 11.7. The van der Waals surface area contributed by atoms with Crippen molar-refractivity contribution in [2.24, 2.45) is 5.92 Å².